The highest BCUT2D eigenvalue weighted by Crippen LogP contribution is 2.14. The lowest BCUT2D eigenvalue weighted by molar-refractivity contribution is -0.139. The zero-order valence-electron chi connectivity index (χ0n) is 11.9. The highest BCUT2D eigenvalue weighted by molar-refractivity contribution is 5.81. The van der Waals surface area contributed by atoms with Gasteiger partial charge in [0.25, 0.3) is 0 Å². The number of aromatic nitrogens is 4. The van der Waals surface area contributed by atoms with Crippen LogP contribution < -0.4 is 11.1 Å². The number of nitrogens with two attached hydrogens (primary N) is 1. The number of carboxylic acids is 1. The van der Waals surface area contributed by atoms with Gasteiger partial charge in [0.1, 0.15) is 17.9 Å². The van der Waals surface area contributed by atoms with Crippen molar-refractivity contribution in [3.05, 3.63) is 12.7 Å². The standard InChI is InChI=1S/C12H18N6O3/c1-7(21-6-17-8(2)12(19)20)3-18-5-16-9-10(13)14-4-15-11(9)18/h4-5,7-8,17H,3,6H2,1-2H3,(H,19,20)(H2,13,14,15)/t7-,8-/m1/s1. The summed E-state index contributed by atoms with van der Waals surface area (Å²) in [6.45, 7) is 4.11. The van der Waals surface area contributed by atoms with Gasteiger partial charge in [0, 0.05) is 0 Å². The van der Waals surface area contributed by atoms with Crippen molar-refractivity contribution in [1.29, 1.82) is 0 Å². The molecule has 2 aromatic heterocycles. The van der Waals surface area contributed by atoms with Gasteiger partial charge in [-0.15, -0.1) is 0 Å². The predicted molar refractivity (Wildman–Crippen MR) is 75.4 cm³/mol. The van der Waals surface area contributed by atoms with E-state index in [0.29, 0.717) is 23.5 Å². The van der Waals surface area contributed by atoms with E-state index >= 15 is 0 Å². The van der Waals surface area contributed by atoms with Crippen LogP contribution in [0.3, 0.4) is 0 Å². The number of fused-ring (bicyclic) bond motifs is 1. The summed E-state index contributed by atoms with van der Waals surface area (Å²) in [5.41, 5.74) is 6.92. The molecule has 0 saturated carbocycles. The van der Waals surface area contributed by atoms with E-state index in [4.69, 9.17) is 15.6 Å². The Bertz CT molecular complexity index is 628. The lowest BCUT2D eigenvalue weighted by atomic mass is 10.3. The summed E-state index contributed by atoms with van der Waals surface area (Å²) < 4.78 is 7.34. The summed E-state index contributed by atoms with van der Waals surface area (Å²) in [6.07, 6.45) is 2.87. The van der Waals surface area contributed by atoms with Crippen LogP contribution in [0.1, 0.15) is 13.8 Å². The smallest absolute Gasteiger partial charge is 0.320 e. The van der Waals surface area contributed by atoms with Crippen molar-refractivity contribution in [3.63, 3.8) is 0 Å². The number of nitrogen functional groups attached to an aromatic ring is 1. The highest BCUT2D eigenvalue weighted by Gasteiger charge is 2.12. The van der Waals surface area contributed by atoms with Crippen molar-refractivity contribution in [2.45, 2.75) is 32.5 Å². The molecule has 0 saturated heterocycles. The summed E-state index contributed by atoms with van der Waals surface area (Å²) in [5.74, 6) is -0.580. The van der Waals surface area contributed by atoms with E-state index in [9.17, 15) is 4.79 Å². The number of hydrogen-bond donors (Lipinski definition) is 3. The van der Waals surface area contributed by atoms with Crippen molar-refractivity contribution in [2.24, 2.45) is 0 Å². The Morgan fingerprint density at radius 1 is 1.48 bits per heavy atom. The summed E-state index contributed by atoms with van der Waals surface area (Å²) in [6, 6.07) is -0.654. The number of ether oxygens (including phenoxy) is 1. The van der Waals surface area contributed by atoms with Gasteiger partial charge in [-0.05, 0) is 13.8 Å². The predicted octanol–water partition coefficient (Wildman–Crippen LogP) is -0.166. The Labute approximate surface area is 121 Å². The number of imidazole rings is 1. The van der Waals surface area contributed by atoms with E-state index in [1.807, 2.05) is 11.5 Å². The van der Waals surface area contributed by atoms with Crippen LogP contribution in [0.4, 0.5) is 5.82 Å². The molecule has 0 aliphatic carbocycles. The quantitative estimate of drug-likeness (QED) is 0.601. The van der Waals surface area contributed by atoms with E-state index in [-0.39, 0.29) is 12.8 Å². The van der Waals surface area contributed by atoms with E-state index in [2.05, 4.69) is 20.3 Å². The molecule has 2 atom stereocenters. The lowest BCUT2D eigenvalue weighted by Crippen LogP contribution is -2.36. The van der Waals surface area contributed by atoms with Crippen LogP contribution in [0, 0.1) is 0 Å². The first-order valence-corrected chi connectivity index (χ1v) is 6.48. The number of anilines is 1. The van der Waals surface area contributed by atoms with E-state index in [0.717, 1.165) is 0 Å². The fourth-order valence-electron chi connectivity index (χ4n) is 1.76. The van der Waals surface area contributed by atoms with Crippen molar-refractivity contribution >= 4 is 23.0 Å². The molecule has 0 spiro atoms. The second-order valence-corrected chi connectivity index (χ2v) is 4.71. The zero-order valence-corrected chi connectivity index (χ0v) is 11.9. The minimum absolute atomic E-state index is 0.146. The maximum atomic E-state index is 10.7. The molecule has 0 aliphatic heterocycles. The fourth-order valence-corrected chi connectivity index (χ4v) is 1.76. The SMILES string of the molecule is C[C@H](Cn1cnc2c(N)ncnc21)OCN[C@H](C)C(=O)O. The Balaban J connectivity index is 1.91. The van der Waals surface area contributed by atoms with Gasteiger partial charge in [-0.25, -0.2) is 15.0 Å². The molecule has 114 valence electrons. The molecule has 0 aromatic carbocycles. The maximum Gasteiger partial charge on any atom is 0.320 e. The third kappa shape index (κ3) is 3.64. The third-order valence-corrected chi connectivity index (χ3v) is 3.01. The molecular weight excluding hydrogens is 276 g/mol. The maximum absolute atomic E-state index is 10.7. The first-order chi connectivity index (χ1) is 9.99. The van der Waals surface area contributed by atoms with E-state index in [1.54, 1.807) is 13.3 Å². The highest BCUT2D eigenvalue weighted by atomic mass is 16.5. The van der Waals surface area contributed by atoms with Crippen molar-refractivity contribution in [1.82, 2.24) is 24.8 Å². The van der Waals surface area contributed by atoms with Crippen LogP contribution in [0.25, 0.3) is 11.2 Å². The van der Waals surface area contributed by atoms with Crippen LogP contribution in [0.2, 0.25) is 0 Å². The van der Waals surface area contributed by atoms with Crippen LogP contribution in [0.5, 0.6) is 0 Å². The largest absolute Gasteiger partial charge is 0.480 e. The number of rotatable bonds is 7. The molecule has 9 heteroatoms. The van der Waals surface area contributed by atoms with Gasteiger partial charge < -0.3 is 20.1 Å². The molecular formula is C12H18N6O3. The molecule has 0 fully saturated rings. The normalized spacial score (nSPS) is 14.2. The Morgan fingerprint density at radius 3 is 2.95 bits per heavy atom. The fraction of sp³-hybridized carbons (Fsp3) is 0.500. The molecule has 2 rings (SSSR count). The van der Waals surface area contributed by atoms with Crippen LogP contribution in [-0.4, -0.2) is 49.5 Å². The monoisotopic (exact) mass is 294 g/mol. The van der Waals surface area contributed by atoms with Gasteiger partial charge >= 0.3 is 5.97 Å². The molecule has 2 heterocycles. The average Bonchev–Trinajstić information content (AvgIpc) is 2.83. The molecule has 0 aliphatic rings. The first-order valence-electron chi connectivity index (χ1n) is 6.48. The van der Waals surface area contributed by atoms with Crippen LogP contribution >= 0.6 is 0 Å². The van der Waals surface area contributed by atoms with Gasteiger partial charge in [0.15, 0.2) is 11.5 Å². The number of nitrogens with one attached hydrogen (secondary N) is 1. The Hall–Kier alpha value is -2.26. The Kier molecular flexibility index (Phi) is 4.66. The topological polar surface area (TPSA) is 128 Å². The summed E-state index contributed by atoms with van der Waals surface area (Å²) in [5, 5.41) is 11.5. The van der Waals surface area contributed by atoms with E-state index in [1.165, 1.54) is 6.33 Å². The van der Waals surface area contributed by atoms with Crippen molar-refractivity contribution in [2.75, 3.05) is 12.5 Å². The molecule has 0 unspecified atom stereocenters. The van der Waals surface area contributed by atoms with Gasteiger partial charge in [0.05, 0.1) is 25.7 Å². The first kappa shape index (κ1) is 15.1. The second kappa shape index (κ2) is 6.46. The minimum atomic E-state index is -0.918. The Morgan fingerprint density at radius 2 is 2.24 bits per heavy atom. The average molecular weight is 294 g/mol. The summed E-state index contributed by atoms with van der Waals surface area (Å²) >= 11 is 0. The molecule has 9 nitrogen and oxygen atoms in total. The molecule has 2 aromatic rings. The van der Waals surface area contributed by atoms with E-state index < -0.39 is 12.0 Å². The van der Waals surface area contributed by atoms with Crippen molar-refractivity contribution in [3.8, 4) is 0 Å². The molecule has 0 radical (unpaired) electrons. The number of carboxylic acid groups (broad SMARTS) is 1. The van der Waals surface area contributed by atoms with Gasteiger partial charge in [-0.3, -0.25) is 10.1 Å². The number of carbonyl (C=O) groups is 1. The number of nitrogens with zero attached hydrogens (tertiary/aromatic N) is 4. The van der Waals surface area contributed by atoms with Crippen molar-refractivity contribution < 1.29 is 14.6 Å². The van der Waals surface area contributed by atoms with Gasteiger partial charge in [0.2, 0.25) is 0 Å². The molecule has 21 heavy (non-hydrogen) atoms. The number of hydrogen-bond acceptors (Lipinski definition) is 7. The summed E-state index contributed by atoms with van der Waals surface area (Å²) in [7, 11) is 0. The minimum Gasteiger partial charge on any atom is -0.480 e. The molecule has 4 N–H and O–H groups in total. The lowest BCUT2D eigenvalue weighted by Gasteiger charge is -2.16. The molecule has 0 bridgehead atoms. The zero-order chi connectivity index (χ0) is 15.4. The summed E-state index contributed by atoms with van der Waals surface area (Å²) in [4.78, 5) is 22.8. The third-order valence-electron chi connectivity index (χ3n) is 3.01. The van der Waals surface area contributed by atoms with Crippen LogP contribution in [-0.2, 0) is 16.1 Å². The van der Waals surface area contributed by atoms with Gasteiger partial charge in [-0.1, -0.05) is 0 Å². The number of aliphatic carboxylic acids is 1. The molecule has 0 amide bonds. The van der Waals surface area contributed by atoms with Gasteiger partial charge in [-0.2, -0.15) is 0 Å². The second-order valence-electron chi connectivity index (χ2n) is 4.71. The van der Waals surface area contributed by atoms with Crippen LogP contribution in [0.15, 0.2) is 12.7 Å².